The maximum atomic E-state index is 12.4. The van der Waals surface area contributed by atoms with Crippen LogP contribution in [0.15, 0.2) is 41.2 Å². The Morgan fingerprint density at radius 3 is 3.00 bits per heavy atom. The van der Waals surface area contributed by atoms with E-state index >= 15 is 0 Å². The van der Waals surface area contributed by atoms with Gasteiger partial charge in [0.2, 0.25) is 0 Å². The lowest BCUT2D eigenvalue weighted by Crippen LogP contribution is -2.30. The van der Waals surface area contributed by atoms with Gasteiger partial charge in [-0.3, -0.25) is 9.69 Å². The van der Waals surface area contributed by atoms with E-state index in [4.69, 9.17) is 16.0 Å². The van der Waals surface area contributed by atoms with Crippen molar-refractivity contribution < 1.29 is 9.21 Å². The van der Waals surface area contributed by atoms with Crippen LogP contribution in [0.5, 0.6) is 0 Å². The van der Waals surface area contributed by atoms with E-state index in [9.17, 15) is 4.79 Å². The van der Waals surface area contributed by atoms with E-state index in [1.54, 1.807) is 17.0 Å². The number of hydrogen-bond donors (Lipinski definition) is 0. The van der Waals surface area contributed by atoms with E-state index in [0.29, 0.717) is 22.3 Å². The third kappa shape index (κ3) is 2.30. The van der Waals surface area contributed by atoms with E-state index in [2.05, 4.69) is 4.98 Å². The van der Waals surface area contributed by atoms with E-state index < -0.39 is 0 Å². The lowest BCUT2D eigenvalue weighted by molar-refractivity contribution is 0.0987. The van der Waals surface area contributed by atoms with Crippen LogP contribution >= 0.6 is 22.9 Å². The second-order valence-corrected chi connectivity index (χ2v) is 5.62. The van der Waals surface area contributed by atoms with Gasteiger partial charge in [0.25, 0.3) is 5.91 Å². The zero-order chi connectivity index (χ0) is 14.1. The van der Waals surface area contributed by atoms with Gasteiger partial charge in [0.05, 0.1) is 22.0 Å². The molecule has 0 saturated carbocycles. The standard InChI is InChI=1S/C14H11ClN2O2S/c1-2-17(13(18)9-5-6-19-8-9)14-16-11-7-10(15)3-4-12(11)20-14/h3-8H,2H2,1H3. The smallest absolute Gasteiger partial charge is 0.263 e. The number of hydrogen-bond acceptors (Lipinski definition) is 4. The Kier molecular flexibility index (Phi) is 3.46. The van der Waals surface area contributed by atoms with E-state index in [0.717, 1.165) is 10.2 Å². The zero-order valence-electron chi connectivity index (χ0n) is 10.7. The minimum absolute atomic E-state index is 0.119. The quantitative estimate of drug-likeness (QED) is 0.728. The molecule has 4 nitrogen and oxygen atoms in total. The fourth-order valence-corrected chi connectivity index (χ4v) is 3.09. The number of carbonyl (C=O) groups is 1. The zero-order valence-corrected chi connectivity index (χ0v) is 12.2. The summed E-state index contributed by atoms with van der Waals surface area (Å²) >= 11 is 7.43. The number of thiazole rings is 1. The van der Waals surface area contributed by atoms with Gasteiger partial charge in [-0.05, 0) is 31.2 Å². The van der Waals surface area contributed by atoms with Crippen molar-refractivity contribution >= 4 is 44.2 Å². The van der Waals surface area contributed by atoms with E-state index in [1.165, 1.54) is 23.9 Å². The van der Waals surface area contributed by atoms with Crippen molar-refractivity contribution in [2.24, 2.45) is 0 Å². The average molecular weight is 307 g/mol. The molecule has 2 heterocycles. The number of rotatable bonds is 3. The molecule has 0 bridgehead atoms. The summed E-state index contributed by atoms with van der Waals surface area (Å²) in [5.41, 5.74) is 1.32. The molecule has 0 spiro atoms. The van der Waals surface area contributed by atoms with E-state index in [1.807, 2.05) is 19.1 Å². The normalized spacial score (nSPS) is 10.9. The highest BCUT2D eigenvalue weighted by molar-refractivity contribution is 7.22. The first-order valence-corrected chi connectivity index (χ1v) is 7.28. The van der Waals surface area contributed by atoms with Crippen LogP contribution in [0.4, 0.5) is 5.13 Å². The van der Waals surface area contributed by atoms with Crippen molar-refractivity contribution in [1.82, 2.24) is 4.98 Å². The average Bonchev–Trinajstić information content (AvgIpc) is 3.07. The summed E-state index contributed by atoms with van der Waals surface area (Å²) < 4.78 is 5.96. The molecule has 2 aromatic heterocycles. The second-order valence-electron chi connectivity index (χ2n) is 4.17. The Bertz CT molecular complexity index is 752. The lowest BCUT2D eigenvalue weighted by atomic mass is 10.3. The summed E-state index contributed by atoms with van der Waals surface area (Å²) in [6.07, 6.45) is 2.92. The number of anilines is 1. The Balaban J connectivity index is 2.01. The number of amides is 1. The predicted molar refractivity (Wildman–Crippen MR) is 80.7 cm³/mol. The van der Waals surface area contributed by atoms with Crippen LogP contribution in [-0.2, 0) is 0 Å². The SMILES string of the molecule is CCN(C(=O)c1ccoc1)c1nc2cc(Cl)ccc2s1. The summed E-state index contributed by atoms with van der Waals surface area (Å²) in [5.74, 6) is -0.119. The number of halogens is 1. The van der Waals surface area contributed by atoms with Crippen molar-refractivity contribution in [3.8, 4) is 0 Å². The number of furan rings is 1. The van der Waals surface area contributed by atoms with Crippen molar-refractivity contribution in [3.05, 3.63) is 47.4 Å². The van der Waals surface area contributed by atoms with Gasteiger partial charge >= 0.3 is 0 Å². The minimum Gasteiger partial charge on any atom is -0.472 e. The molecule has 0 aliphatic heterocycles. The molecule has 3 aromatic rings. The first-order chi connectivity index (χ1) is 9.69. The second kappa shape index (κ2) is 5.26. The third-order valence-electron chi connectivity index (χ3n) is 2.90. The molecule has 0 aliphatic carbocycles. The molecular formula is C14H11ClN2O2S. The van der Waals surface area contributed by atoms with Crippen LogP contribution in [0.3, 0.4) is 0 Å². The summed E-state index contributed by atoms with van der Waals surface area (Å²) in [6, 6.07) is 7.18. The molecule has 0 unspecified atom stereocenters. The molecule has 0 N–H and O–H groups in total. The van der Waals surface area contributed by atoms with Crippen LogP contribution in [0.1, 0.15) is 17.3 Å². The van der Waals surface area contributed by atoms with Gasteiger partial charge in [0.1, 0.15) is 6.26 Å². The molecule has 0 atom stereocenters. The highest BCUT2D eigenvalue weighted by Crippen LogP contribution is 2.31. The molecular weight excluding hydrogens is 296 g/mol. The predicted octanol–water partition coefficient (Wildman–Crippen LogP) is 4.21. The Labute approximate surface area is 124 Å². The highest BCUT2D eigenvalue weighted by Gasteiger charge is 2.20. The van der Waals surface area contributed by atoms with Gasteiger partial charge in [-0.1, -0.05) is 22.9 Å². The lowest BCUT2D eigenvalue weighted by Gasteiger charge is -2.16. The van der Waals surface area contributed by atoms with Gasteiger partial charge in [-0.15, -0.1) is 0 Å². The molecule has 102 valence electrons. The van der Waals surface area contributed by atoms with Crippen molar-refractivity contribution in [3.63, 3.8) is 0 Å². The van der Waals surface area contributed by atoms with Crippen molar-refractivity contribution in [2.75, 3.05) is 11.4 Å². The maximum Gasteiger partial charge on any atom is 0.263 e. The van der Waals surface area contributed by atoms with Gasteiger partial charge in [0.15, 0.2) is 5.13 Å². The monoisotopic (exact) mass is 306 g/mol. The first-order valence-electron chi connectivity index (χ1n) is 6.09. The fourth-order valence-electron chi connectivity index (χ4n) is 1.91. The molecule has 3 rings (SSSR count). The first kappa shape index (κ1) is 13.1. The Hall–Kier alpha value is -1.85. The summed E-state index contributed by atoms with van der Waals surface area (Å²) in [5, 5.41) is 1.30. The molecule has 0 saturated heterocycles. The minimum atomic E-state index is -0.119. The number of carbonyl (C=O) groups excluding carboxylic acids is 1. The number of nitrogens with zero attached hydrogens (tertiary/aromatic N) is 2. The number of fused-ring (bicyclic) bond motifs is 1. The fraction of sp³-hybridized carbons (Fsp3) is 0.143. The summed E-state index contributed by atoms with van der Waals surface area (Å²) in [6.45, 7) is 2.45. The topological polar surface area (TPSA) is 46.3 Å². The number of aromatic nitrogens is 1. The number of benzene rings is 1. The van der Waals surface area contributed by atoms with Crippen LogP contribution < -0.4 is 4.90 Å². The Morgan fingerprint density at radius 2 is 2.30 bits per heavy atom. The van der Waals surface area contributed by atoms with Crippen LogP contribution in [0.2, 0.25) is 5.02 Å². The molecule has 0 aliphatic rings. The van der Waals surface area contributed by atoms with Crippen molar-refractivity contribution in [2.45, 2.75) is 6.92 Å². The van der Waals surface area contributed by atoms with Crippen molar-refractivity contribution in [1.29, 1.82) is 0 Å². The highest BCUT2D eigenvalue weighted by atomic mass is 35.5. The van der Waals surface area contributed by atoms with Crippen LogP contribution in [0, 0.1) is 0 Å². The van der Waals surface area contributed by atoms with Gasteiger partial charge in [0, 0.05) is 11.6 Å². The van der Waals surface area contributed by atoms with Gasteiger partial charge in [-0.25, -0.2) is 4.98 Å². The van der Waals surface area contributed by atoms with E-state index in [-0.39, 0.29) is 5.91 Å². The largest absolute Gasteiger partial charge is 0.472 e. The molecule has 1 amide bonds. The molecule has 20 heavy (non-hydrogen) atoms. The van der Waals surface area contributed by atoms with Gasteiger partial charge in [-0.2, -0.15) is 0 Å². The molecule has 0 fully saturated rings. The third-order valence-corrected chi connectivity index (χ3v) is 4.19. The Morgan fingerprint density at radius 1 is 1.45 bits per heavy atom. The summed E-state index contributed by atoms with van der Waals surface area (Å²) in [7, 11) is 0. The van der Waals surface area contributed by atoms with Gasteiger partial charge < -0.3 is 4.42 Å². The van der Waals surface area contributed by atoms with Crippen LogP contribution in [-0.4, -0.2) is 17.4 Å². The molecule has 6 heteroatoms. The molecule has 1 aromatic carbocycles. The maximum absolute atomic E-state index is 12.4. The van der Waals surface area contributed by atoms with Crippen LogP contribution in [0.25, 0.3) is 10.2 Å². The summed E-state index contributed by atoms with van der Waals surface area (Å²) in [4.78, 5) is 18.5. The molecule has 0 radical (unpaired) electrons.